The number of nitrogens with two attached hydrogens (primary N) is 1. The number of amides is 1. The van der Waals surface area contributed by atoms with Gasteiger partial charge in [-0.1, -0.05) is 0 Å². The third-order valence-electron chi connectivity index (χ3n) is 2.67. The molecule has 1 saturated heterocycles. The van der Waals surface area contributed by atoms with Gasteiger partial charge in [0.25, 0.3) is 0 Å². The Balaban J connectivity index is 2.17. The number of rotatable bonds is 4. The summed E-state index contributed by atoms with van der Waals surface area (Å²) in [6.45, 7) is 6.47. The van der Waals surface area contributed by atoms with E-state index in [0.717, 1.165) is 25.9 Å². The van der Waals surface area contributed by atoms with Crippen LogP contribution in [0.2, 0.25) is 0 Å². The van der Waals surface area contributed by atoms with E-state index in [9.17, 15) is 4.79 Å². The van der Waals surface area contributed by atoms with Crippen LogP contribution in [0.15, 0.2) is 0 Å². The fourth-order valence-electron chi connectivity index (χ4n) is 1.75. The van der Waals surface area contributed by atoms with E-state index in [0.29, 0.717) is 18.9 Å². The van der Waals surface area contributed by atoms with Gasteiger partial charge in [-0.3, -0.25) is 4.79 Å². The van der Waals surface area contributed by atoms with E-state index >= 15 is 0 Å². The lowest BCUT2D eigenvalue weighted by Gasteiger charge is -2.23. The minimum Gasteiger partial charge on any atom is -0.354 e. The number of nitrogens with one attached hydrogen (secondary N) is 2. The zero-order valence-electron chi connectivity index (χ0n) is 9.81. The normalized spacial score (nSPS) is 18.9. The molecule has 1 aliphatic heterocycles. The zero-order chi connectivity index (χ0) is 11.3. The van der Waals surface area contributed by atoms with Crippen molar-refractivity contribution in [1.29, 1.82) is 0 Å². The monoisotopic (exact) mass is 213 g/mol. The molecule has 1 aliphatic rings. The lowest BCUT2D eigenvalue weighted by molar-refractivity contribution is -0.122. The van der Waals surface area contributed by atoms with Gasteiger partial charge in [-0.2, -0.15) is 0 Å². The van der Waals surface area contributed by atoms with Gasteiger partial charge in [0, 0.05) is 18.5 Å². The van der Waals surface area contributed by atoms with Crippen molar-refractivity contribution in [2.75, 3.05) is 19.6 Å². The highest BCUT2D eigenvalue weighted by molar-refractivity contribution is 5.76. The van der Waals surface area contributed by atoms with Gasteiger partial charge in [0.1, 0.15) is 0 Å². The van der Waals surface area contributed by atoms with Crippen molar-refractivity contribution < 1.29 is 4.79 Å². The van der Waals surface area contributed by atoms with Gasteiger partial charge < -0.3 is 16.4 Å². The molecule has 1 heterocycles. The summed E-state index contributed by atoms with van der Waals surface area (Å²) in [5.41, 5.74) is 5.48. The summed E-state index contributed by atoms with van der Waals surface area (Å²) in [4.78, 5) is 11.6. The van der Waals surface area contributed by atoms with Crippen LogP contribution in [0, 0.1) is 5.92 Å². The molecule has 15 heavy (non-hydrogen) atoms. The summed E-state index contributed by atoms with van der Waals surface area (Å²) < 4.78 is 0. The maximum absolute atomic E-state index is 11.6. The number of hydrogen-bond acceptors (Lipinski definition) is 3. The van der Waals surface area contributed by atoms with E-state index in [1.807, 2.05) is 13.8 Å². The van der Waals surface area contributed by atoms with Gasteiger partial charge in [-0.25, -0.2) is 0 Å². The van der Waals surface area contributed by atoms with Crippen molar-refractivity contribution in [3.05, 3.63) is 0 Å². The first-order chi connectivity index (χ1) is 6.97. The second kappa shape index (κ2) is 5.47. The molecule has 0 aliphatic carbocycles. The molecular weight excluding hydrogens is 190 g/mol. The standard InChI is InChI=1S/C11H23N3O/c1-11(2,12)8-14-10(15)7-9-3-5-13-6-4-9/h9,13H,3-8,12H2,1-2H3,(H,14,15). The largest absolute Gasteiger partial charge is 0.354 e. The van der Waals surface area contributed by atoms with Crippen LogP contribution in [0.5, 0.6) is 0 Å². The average Bonchev–Trinajstić information content (AvgIpc) is 2.15. The van der Waals surface area contributed by atoms with Crippen molar-refractivity contribution in [1.82, 2.24) is 10.6 Å². The minimum absolute atomic E-state index is 0.139. The second-order valence-electron chi connectivity index (χ2n) is 5.16. The summed E-state index contributed by atoms with van der Waals surface area (Å²) in [5, 5.41) is 6.18. The summed E-state index contributed by atoms with van der Waals surface area (Å²) in [5.74, 6) is 0.688. The predicted molar refractivity (Wildman–Crippen MR) is 61.5 cm³/mol. The number of carbonyl (C=O) groups excluding carboxylic acids is 1. The summed E-state index contributed by atoms with van der Waals surface area (Å²) in [7, 11) is 0. The van der Waals surface area contributed by atoms with Crippen LogP contribution in [0.25, 0.3) is 0 Å². The average molecular weight is 213 g/mol. The Labute approximate surface area is 92.0 Å². The topological polar surface area (TPSA) is 67.1 Å². The molecule has 1 rings (SSSR count). The quantitative estimate of drug-likeness (QED) is 0.626. The SMILES string of the molecule is CC(C)(N)CNC(=O)CC1CCNCC1. The molecule has 0 spiro atoms. The van der Waals surface area contributed by atoms with Crippen molar-refractivity contribution in [3.63, 3.8) is 0 Å². The molecule has 4 nitrogen and oxygen atoms in total. The highest BCUT2D eigenvalue weighted by atomic mass is 16.1. The molecule has 0 radical (unpaired) electrons. The van der Waals surface area contributed by atoms with Crippen molar-refractivity contribution in [2.45, 2.75) is 38.6 Å². The molecule has 0 aromatic carbocycles. The highest BCUT2D eigenvalue weighted by Gasteiger charge is 2.18. The first kappa shape index (κ1) is 12.5. The first-order valence-corrected chi connectivity index (χ1v) is 5.74. The van der Waals surface area contributed by atoms with Crippen LogP contribution in [0.1, 0.15) is 33.1 Å². The Morgan fingerprint density at radius 2 is 2.07 bits per heavy atom. The van der Waals surface area contributed by atoms with Crippen molar-refractivity contribution in [2.24, 2.45) is 11.7 Å². The van der Waals surface area contributed by atoms with Crippen LogP contribution < -0.4 is 16.4 Å². The van der Waals surface area contributed by atoms with Crippen LogP contribution in [0.3, 0.4) is 0 Å². The molecule has 4 N–H and O–H groups in total. The number of hydrogen-bond donors (Lipinski definition) is 3. The van der Waals surface area contributed by atoms with Gasteiger partial charge in [0.05, 0.1) is 0 Å². The molecule has 0 aromatic rings. The second-order valence-corrected chi connectivity index (χ2v) is 5.16. The zero-order valence-corrected chi connectivity index (χ0v) is 9.81. The maximum Gasteiger partial charge on any atom is 0.220 e. The molecule has 88 valence electrons. The molecule has 0 saturated carbocycles. The van der Waals surface area contributed by atoms with Crippen LogP contribution in [-0.2, 0) is 4.79 Å². The Morgan fingerprint density at radius 3 is 2.60 bits per heavy atom. The molecule has 0 aromatic heterocycles. The fourth-order valence-corrected chi connectivity index (χ4v) is 1.75. The Hall–Kier alpha value is -0.610. The lowest BCUT2D eigenvalue weighted by Crippen LogP contribution is -2.45. The molecule has 1 amide bonds. The minimum atomic E-state index is -0.316. The summed E-state index contributed by atoms with van der Waals surface area (Å²) >= 11 is 0. The Kier molecular flexibility index (Phi) is 4.54. The maximum atomic E-state index is 11.6. The molecule has 0 atom stereocenters. The molecule has 0 bridgehead atoms. The molecule has 4 heteroatoms. The van der Waals surface area contributed by atoms with Gasteiger partial charge in [-0.05, 0) is 45.7 Å². The Morgan fingerprint density at radius 1 is 1.47 bits per heavy atom. The molecular formula is C11H23N3O. The van der Waals surface area contributed by atoms with Crippen molar-refractivity contribution >= 4 is 5.91 Å². The van der Waals surface area contributed by atoms with E-state index in [2.05, 4.69) is 10.6 Å². The van der Waals surface area contributed by atoms with E-state index in [-0.39, 0.29) is 11.4 Å². The van der Waals surface area contributed by atoms with Gasteiger partial charge in [0.2, 0.25) is 5.91 Å². The third-order valence-corrected chi connectivity index (χ3v) is 2.67. The number of piperidine rings is 1. The van der Waals surface area contributed by atoms with E-state index in [4.69, 9.17) is 5.73 Å². The van der Waals surface area contributed by atoms with Crippen molar-refractivity contribution in [3.8, 4) is 0 Å². The lowest BCUT2D eigenvalue weighted by atomic mass is 9.94. The van der Waals surface area contributed by atoms with Crippen LogP contribution in [-0.4, -0.2) is 31.1 Å². The van der Waals surface area contributed by atoms with Crippen LogP contribution >= 0.6 is 0 Å². The smallest absolute Gasteiger partial charge is 0.220 e. The Bertz CT molecular complexity index is 204. The van der Waals surface area contributed by atoms with Gasteiger partial charge >= 0.3 is 0 Å². The first-order valence-electron chi connectivity index (χ1n) is 5.74. The summed E-state index contributed by atoms with van der Waals surface area (Å²) in [6.07, 6.45) is 2.87. The van der Waals surface area contributed by atoms with Gasteiger partial charge in [-0.15, -0.1) is 0 Å². The van der Waals surface area contributed by atoms with E-state index in [1.165, 1.54) is 0 Å². The third kappa shape index (κ3) is 5.74. The number of carbonyl (C=O) groups is 1. The molecule has 0 unspecified atom stereocenters. The molecule has 1 fully saturated rings. The predicted octanol–water partition coefficient (Wildman–Crippen LogP) is 0.230. The highest BCUT2D eigenvalue weighted by Crippen LogP contribution is 2.15. The van der Waals surface area contributed by atoms with Gasteiger partial charge in [0.15, 0.2) is 0 Å². The van der Waals surface area contributed by atoms with E-state index < -0.39 is 0 Å². The van der Waals surface area contributed by atoms with E-state index in [1.54, 1.807) is 0 Å². The van der Waals surface area contributed by atoms with Crippen LogP contribution in [0.4, 0.5) is 0 Å². The summed E-state index contributed by atoms with van der Waals surface area (Å²) in [6, 6.07) is 0. The fraction of sp³-hybridized carbons (Fsp3) is 0.909.